The van der Waals surface area contributed by atoms with Gasteiger partial charge in [0.15, 0.2) is 11.6 Å². The van der Waals surface area contributed by atoms with Crippen molar-refractivity contribution in [3.05, 3.63) is 29.0 Å². The molecule has 26 heavy (non-hydrogen) atoms. The summed E-state index contributed by atoms with van der Waals surface area (Å²) in [4.78, 5) is 11.8. The molecule has 4 rings (SSSR count). The Morgan fingerprint density at radius 1 is 1.23 bits per heavy atom. The minimum absolute atomic E-state index is 0.0576. The van der Waals surface area contributed by atoms with E-state index in [1.165, 1.54) is 17.5 Å². The number of hydrogen-bond acceptors (Lipinski definition) is 6. The van der Waals surface area contributed by atoms with E-state index in [0.717, 1.165) is 47.2 Å². The molecular weight excluding hydrogens is 346 g/mol. The maximum atomic E-state index is 9.42. The van der Waals surface area contributed by atoms with Crippen LogP contribution in [0.4, 0.5) is 0 Å². The molecule has 0 radical (unpaired) electrons. The van der Waals surface area contributed by atoms with Crippen molar-refractivity contribution in [1.29, 1.82) is 0 Å². The summed E-state index contributed by atoms with van der Waals surface area (Å²) in [5.74, 6) is 2.36. The molecule has 1 aromatic carbocycles. The summed E-state index contributed by atoms with van der Waals surface area (Å²) >= 11 is 1.70. The summed E-state index contributed by atoms with van der Waals surface area (Å²) < 4.78 is 3.02. The van der Waals surface area contributed by atoms with E-state index < -0.39 is 0 Å². The molecule has 0 aliphatic carbocycles. The van der Waals surface area contributed by atoms with Crippen molar-refractivity contribution in [2.24, 2.45) is 5.92 Å². The molecular formula is C19H25N5OS. The SMILES string of the molecule is Cc1nc2cc(-c3nc(CC4CCN(C)CC4)nn3CCO)ccc2s1. The second-order valence-electron chi connectivity index (χ2n) is 7.16. The third-order valence-corrected chi connectivity index (χ3v) is 6.04. The van der Waals surface area contributed by atoms with Gasteiger partial charge in [-0.15, -0.1) is 11.3 Å². The lowest BCUT2D eigenvalue weighted by Crippen LogP contribution is -2.31. The first-order valence-electron chi connectivity index (χ1n) is 9.23. The number of likely N-dealkylation sites (tertiary alicyclic amines) is 1. The standard InChI is InChI=1S/C19H25N5OS/c1-13-20-16-12-15(3-4-17(16)26-13)19-21-18(22-24(19)9-10-25)11-14-5-7-23(2)8-6-14/h3-4,12,14,25H,5-11H2,1-2H3. The maximum absolute atomic E-state index is 9.42. The molecule has 0 amide bonds. The van der Waals surface area contributed by atoms with Crippen molar-refractivity contribution in [2.45, 2.75) is 32.7 Å². The van der Waals surface area contributed by atoms with Crippen molar-refractivity contribution >= 4 is 21.6 Å². The maximum Gasteiger partial charge on any atom is 0.158 e. The van der Waals surface area contributed by atoms with E-state index in [1.807, 2.05) is 11.6 Å². The molecule has 1 N–H and O–H groups in total. The molecule has 7 heteroatoms. The molecule has 1 aliphatic heterocycles. The van der Waals surface area contributed by atoms with Gasteiger partial charge in [-0.2, -0.15) is 5.10 Å². The number of fused-ring (bicyclic) bond motifs is 1. The third-order valence-electron chi connectivity index (χ3n) is 5.09. The van der Waals surface area contributed by atoms with Gasteiger partial charge in [-0.3, -0.25) is 0 Å². The number of aliphatic hydroxyl groups is 1. The van der Waals surface area contributed by atoms with E-state index in [-0.39, 0.29) is 6.61 Å². The van der Waals surface area contributed by atoms with Crippen molar-refractivity contribution < 1.29 is 5.11 Å². The van der Waals surface area contributed by atoms with Crippen molar-refractivity contribution in [1.82, 2.24) is 24.6 Å². The van der Waals surface area contributed by atoms with Crippen LogP contribution in [0.3, 0.4) is 0 Å². The Balaban J connectivity index is 1.62. The molecule has 2 aromatic heterocycles. The van der Waals surface area contributed by atoms with Crippen molar-refractivity contribution in [3.8, 4) is 11.4 Å². The fourth-order valence-corrected chi connectivity index (χ4v) is 4.45. The van der Waals surface area contributed by atoms with Gasteiger partial charge >= 0.3 is 0 Å². The van der Waals surface area contributed by atoms with E-state index in [4.69, 9.17) is 4.98 Å². The summed E-state index contributed by atoms with van der Waals surface area (Å²) in [6.45, 7) is 4.84. The number of aromatic nitrogens is 4. The van der Waals surface area contributed by atoms with Gasteiger partial charge in [-0.05, 0) is 64.0 Å². The monoisotopic (exact) mass is 371 g/mol. The Morgan fingerprint density at radius 2 is 2.04 bits per heavy atom. The zero-order valence-electron chi connectivity index (χ0n) is 15.4. The molecule has 0 atom stereocenters. The Hall–Kier alpha value is -1.83. The van der Waals surface area contributed by atoms with Crippen LogP contribution in [0.5, 0.6) is 0 Å². The highest BCUT2D eigenvalue weighted by Gasteiger charge is 2.20. The van der Waals surface area contributed by atoms with Crippen LogP contribution in [0.15, 0.2) is 18.2 Å². The van der Waals surface area contributed by atoms with Gasteiger partial charge in [0, 0.05) is 12.0 Å². The van der Waals surface area contributed by atoms with E-state index in [1.54, 1.807) is 11.3 Å². The third kappa shape index (κ3) is 3.65. The number of nitrogens with zero attached hydrogens (tertiary/aromatic N) is 5. The van der Waals surface area contributed by atoms with Gasteiger partial charge in [0.25, 0.3) is 0 Å². The Morgan fingerprint density at radius 3 is 2.81 bits per heavy atom. The number of piperidine rings is 1. The summed E-state index contributed by atoms with van der Waals surface area (Å²) in [6, 6.07) is 6.26. The van der Waals surface area contributed by atoms with Gasteiger partial charge in [0.2, 0.25) is 0 Å². The number of aryl methyl sites for hydroxylation is 1. The fraction of sp³-hybridized carbons (Fsp3) is 0.526. The van der Waals surface area contributed by atoms with Crippen LogP contribution in [0, 0.1) is 12.8 Å². The summed E-state index contributed by atoms with van der Waals surface area (Å²) in [5, 5.41) is 15.2. The van der Waals surface area contributed by atoms with Gasteiger partial charge in [-0.25, -0.2) is 14.6 Å². The van der Waals surface area contributed by atoms with Crippen LogP contribution < -0.4 is 0 Å². The highest BCUT2D eigenvalue weighted by Crippen LogP contribution is 2.28. The van der Waals surface area contributed by atoms with Crippen LogP contribution in [0.25, 0.3) is 21.6 Å². The average Bonchev–Trinajstić information content (AvgIpc) is 3.19. The number of rotatable bonds is 5. The summed E-state index contributed by atoms with van der Waals surface area (Å²) in [7, 11) is 2.18. The van der Waals surface area contributed by atoms with Crippen molar-refractivity contribution in [3.63, 3.8) is 0 Å². The van der Waals surface area contributed by atoms with E-state index in [9.17, 15) is 5.11 Å². The minimum atomic E-state index is 0.0576. The number of benzene rings is 1. The predicted octanol–water partition coefficient (Wildman–Crippen LogP) is 2.74. The van der Waals surface area contributed by atoms with Crippen LogP contribution in [-0.2, 0) is 13.0 Å². The summed E-state index contributed by atoms with van der Waals surface area (Å²) in [6.07, 6.45) is 3.31. The van der Waals surface area contributed by atoms with Crippen LogP contribution >= 0.6 is 11.3 Å². The molecule has 1 saturated heterocycles. The van der Waals surface area contributed by atoms with E-state index >= 15 is 0 Å². The number of aliphatic hydroxyl groups excluding tert-OH is 1. The fourth-order valence-electron chi connectivity index (χ4n) is 3.65. The first-order valence-corrected chi connectivity index (χ1v) is 10.0. The largest absolute Gasteiger partial charge is 0.394 e. The Bertz CT molecular complexity index is 895. The normalized spacial score (nSPS) is 16.6. The molecule has 0 bridgehead atoms. The molecule has 3 heterocycles. The molecule has 3 aromatic rings. The number of hydrogen-bond donors (Lipinski definition) is 1. The van der Waals surface area contributed by atoms with Crippen LogP contribution in [-0.4, -0.2) is 56.5 Å². The number of thiazole rings is 1. The Kier molecular flexibility index (Phi) is 5.02. The van der Waals surface area contributed by atoms with Crippen molar-refractivity contribution in [2.75, 3.05) is 26.7 Å². The lowest BCUT2D eigenvalue weighted by molar-refractivity contribution is 0.217. The van der Waals surface area contributed by atoms with Gasteiger partial charge in [-0.1, -0.05) is 0 Å². The van der Waals surface area contributed by atoms with Crippen LogP contribution in [0.1, 0.15) is 23.7 Å². The van der Waals surface area contributed by atoms with Gasteiger partial charge < -0.3 is 10.0 Å². The molecule has 138 valence electrons. The topological polar surface area (TPSA) is 67.1 Å². The minimum Gasteiger partial charge on any atom is -0.394 e. The first kappa shape index (κ1) is 17.6. The second-order valence-corrected chi connectivity index (χ2v) is 8.40. The molecule has 0 saturated carbocycles. The first-order chi connectivity index (χ1) is 12.6. The highest BCUT2D eigenvalue weighted by molar-refractivity contribution is 7.18. The van der Waals surface area contributed by atoms with Gasteiger partial charge in [0.05, 0.1) is 28.4 Å². The van der Waals surface area contributed by atoms with E-state index in [0.29, 0.717) is 12.5 Å². The zero-order chi connectivity index (χ0) is 18.1. The molecule has 1 aliphatic rings. The lowest BCUT2D eigenvalue weighted by atomic mass is 9.94. The summed E-state index contributed by atoms with van der Waals surface area (Å²) in [5.41, 5.74) is 2.01. The smallest absolute Gasteiger partial charge is 0.158 e. The second kappa shape index (κ2) is 7.42. The molecule has 6 nitrogen and oxygen atoms in total. The molecule has 0 unspecified atom stereocenters. The highest BCUT2D eigenvalue weighted by atomic mass is 32.1. The zero-order valence-corrected chi connectivity index (χ0v) is 16.2. The van der Waals surface area contributed by atoms with Gasteiger partial charge in [0.1, 0.15) is 0 Å². The quantitative estimate of drug-likeness (QED) is 0.747. The lowest BCUT2D eigenvalue weighted by Gasteiger charge is -2.28. The predicted molar refractivity (Wildman–Crippen MR) is 104 cm³/mol. The molecule has 1 fully saturated rings. The van der Waals surface area contributed by atoms with E-state index in [2.05, 4.69) is 40.2 Å². The Labute approximate surface area is 157 Å². The average molecular weight is 372 g/mol. The molecule has 0 spiro atoms. The van der Waals surface area contributed by atoms with Crippen LogP contribution in [0.2, 0.25) is 0 Å².